The summed E-state index contributed by atoms with van der Waals surface area (Å²) in [6.45, 7) is 0. The van der Waals surface area contributed by atoms with Gasteiger partial charge in [0.2, 0.25) is 0 Å². The SMILES string of the molecule is c1ccc(-c2cccc(N(c3ccc(-c4ccccc4-c4ccccc4-c4ccccc4)cc3)c3c(-c4ccccc4)cc(-c4ccccc4)cc3-c3ccccc3)c2)cc1. The topological polar surface area (TPSA) is 3.24 Å². The zero-order valence-corrected chi connectivity index (χ0v) is 33.8. The Morgan fingerprint density at radius 1 is 0.180 bits per heavy atom. The lowest BCUT2D eigenvalue weighted by Gasteiger charge is -2.31. The summed E-state index contributed by atoms with van der Waals surface area (Å²) in [6, 6.07) is 94.1. The molecule has 0 aliphatic carbocycles. The normalized spacial score (nSPS) is 11.0. The van der Waals surface area contributed by atoms with Crippen LogP contribution < -0.4 is 4.90 Å². The molecule has 10 aromatic carbocycles. The molecule has 0 fully saturated rings. The van der Waals surface area contributed by atoms with Gasteiger partial charge in [-0.1, -0.05) is 224 Å². The quantitative estimate of drug-likeness (QED) is 0.134. The highest BCUT2D eigenvalue weighted by atomic mass is 15.1. The molecule has 0 aliphatic heterocycles. The Kier molecular flexibility index (Phi) is 10.4. The number of nitrogens with zero attached hydrogens (tertiary/aromatic N) is 1. The number of hydrogen-bond acceptors (Lipinski definition) is 1. The van der Waals surface area contributed by atoms with E-state index in [4.69, 9.17) is 0 Å². The molecule has 0 aromatic heterocycles. The van der Waals surface area contributed by atoms with E-state index in [-0.39, 0.29) is 0 Å². The highest BCUT2D eigenvalue weighted by Crippen LogP contribution is 2.49. The average molecular weight is 778 g/mol. The van der Waals surface area contributed by atoms with E-state index >= 15 is 0 Å². The molecule has 1 nitrogen and oxygen atoms in total. The first kappa shape index (κ1) is 37.3. The van der Waals surface area contributed by atoms with Crippen LogP contribution in [0.3, 0.4) is 0 Å². The first-order valence-electron chi connectivity index (χ1n) is 20.9. The molecule has 0 bridgehead atoms. The Bertz CT molecular complexity index is 2970. The molecular formula is C60H43N. The van der Waals surface area contributed by atoms with Crippen molar-refractivity contribution in [2.45, 2.75) is 0 Å². The van der Waals surface area contributed by atoms with Gasteiger partial charge in [0.15, 0.2) is 0 Å². The Labute approximate surface area is 359 Å². The van der Waals surface area contributed by atoms with Crippen molar-refractivity contribution in [3.63, 3.8) is 0 Å². The van der Waals surface area contributed by atoms with Crippen LogP contribution in [0.15, 0.2) is 261 Å². The number of benzene rings is 10. The number of anilines is 3. The molecule has 288 valence electrons. The summed E-state index contributed by atoms with van der Waals surface area (Å²) in [5.41, 5.74) is 19.8. The Hall–Kier alpha value is -8.00. The van der Waals surface area contributed by atoms with Crippen LogP contribution in [0.25, 0.3) is 77.9 Å². The van der Waals surface area contributed by atoms with E-state index in [1.54, 1.807) is 0 Å². The largest absolute Gasteiger partial charge is 0.309 e. The molecule has 0 saturated carbocycles. The minimum absolute atomic E-state index is 1.07. The molecule has 0 radical (unpaired) electrons. The van der Waals surface area contributed by atoms with E-state index in [1.807, 2.05) is 0 Å². The second kappa shape index (κ2) is 17.1. The fourth-order valence-electron chi connectivity index (χ4n) is 8.56. The summed E-state index contributed by atoms with van der Waals surface area (Å²) in [5.74, 6) is 0. The third-order valence-electron chi connectivity index (χ3n) is 11.5. The van der Waals surface area contributed by atoms with Gasteiger partial charge in [-0.3, -0.25) is 0 Å². The van der Waals surface area contributed by atoms with E-state index < -0.39 is 0 Å². The fourth-order valence-corrected chi connectivity index (χ4v) is 8.56. The van der Waals surface area contributed by atoms with Crippen LogP contribution in [0.2, 0.25) is 0 Å². The molecule has 0 aliphatic rings. The Morgan fingerprint density at radius 2 is 0.525 bits per heavy atom. The van der Waals surface area contributed by atoms with Crippen LogP contribution in [-0.2, 0) is 0 Å². The van der Waals surface area contributed by atoms with Crippen molar-refractivity contribution in [1.29, 1.82) is 0 Å². The van der Waals surface area contributed by atoms with Gasteiger partial charge in [0.25, 0.3) is 0 Å². The van der Waals surface area contributed by atoms with Gasteiger partial charge in [0.05, 0.1) is 5.69 Å². The van der Waals surface area contributed by atoms with Crippen LogP contribution in [0.1, 0.15) is 0 Å². The first-order chi connectivity index (χ1) is 30.3. The van der Waals surface area contributed by atoms with Gasteiger partial charge in [-0.15, -0.1) is 0 Å². The second-order valence-corrected chi connectivity index (χ2v) is 15.3. The van der Waals surface area contributed by atoms with Crippen LogP contribution in [-0.4, -0.2) is 0 Å². The van der Waals surface area contributed by atoms with Crippen molar-refractivity contribution in [3.05, 3.63) is 261 Å². The van der Waals surface area contributed by atoms with Gasteiger partial charge in [-0.2, -0.15) is 0 Å². The third-order valence-corrected chi connectivity index (χ3v) is 11.5. The molecule has 0 spiro atoms. The molecule has 10 rings (SSSR count). The van der Waals surface area contributed by atoms with Crippen molar-refractivity contribution in [1.82, 2.24) is 0 Å². The van der Waals surface area contributed by atoms with Crippen LogP contribution in [0.4, 0.5) is 17.1 Å². The first-order valence-corrected chi connectivity index (χ1v) is 20.9. The van der Waals surface area contributed by atoms with Crippen molar-refractivity contribution in [2.24, 2.45) is 0 Å². The minimum Gasteiger partial charge on any atom is -0.309 e. The molecule has 0 N–H and O–H groups in total. The number of hydrogen-bond donors (Lipinski definition) is 0. The molecule has 0 heterocycles. The molecule has 0 saturated heterocycles. The summed E-state index contributed by atoms with van der Waals surface area (Å²) in [6.07, 6.45) is 0. The maximum atomic E-state index is 2.46. The third kappa shape index (κ3) is 7.69. The predicted octanol–water partition coefficient (Wildman–Crippen LogP) is 16.8. The average Bonchev–Trinajstić information content (AvgIpc) is 3.36. The van der Waals surface area contributed by atoms with Gasteiger partial charge < -0.3 is 4.90 Å². The molecule has 10 aromatic rings. The highest BCUT2D eigenvalue weighted by Gasteiger charge is 2.24. The monoisotopic (exact) mass is 777 g/mol. The van der Waals surface area contributed by atoms with Gasteiger partial charge in [0, 0.05) is 22.5 Å². The van der Waals surface area contributed by atoms with Gasteiger partial charge in [0.1, 0.15) is 0 Å². The van der Waals surface area contributed by atoms with Crippen molar-refractivity contribution in [3.8, 4) is 77.9 Å². The zero-order chi connectivity index (χ0) is 40.8. The van der Waals surface area contributed by atoms with Crippen LogP contribution >= 0.6 is 0 Å². The van der Waals surface area contributed by atoms with Crippen LogP contribution in [0, 0.1) is 0 Å². The highest BCUT2D eigenvalue weighted by molar-refractivity contribution is 6.01. The van der Waals surface area contributed by atoms with Crippen molar-refractivity contribution in [2.75, 3.05) is 4.90 Å². The van der Waals surface area contributed by atoms with E-state index in [9.17, 15) is 0 Å². The number of rotatable bonds is 10. The zero-order valence-electron chi connectivity index (χ0n) is 33.8. The molecule has 0 atom stereocenters. The van der Waals surface area contributed by atoms with Gasteiger partial charge in [-0.05, 0) is 103 Å². The standard InChI is InChI=1S/C60H43N/c1-6-21-44(22-7-1)50-31-20-32-53(41-50)61(52-39-37-49(38-40-52)55-34-17-19-36-57(55)56-35-18-16-33-54(56)46-25-10-3-11-26-46)60-58(47-27-12-4-13-28-47)42-51(45-23-8-2-9-24-45)43-59(60)48-29-14-5-15-30-48/h1-43H. The summed E-state index contributed by atoms with van der Waals surface area (Å²) < 4.78 is 0. The van der Waals surface area contributed by atoms with E-state index in [1.165, 1.54) is 44.5 Å². The maximum Gasteiger partial charge on any atom is 0.0618 e. The predicted molar refractivity (Wildman–Crippen MR) is 259 cm³/mol. The summed E-state index contributed by atoms with van der Waals surface area (Å²) in [4.78, 5) is 2.46. The summed E-state index contributed by atoms with van der Waals surface area (Å²) in [5, 5.41) is 0. The molecule has 0 amide bonds. The Balaban J connectivity index is 1.20. The summed E-state index contributed by atoms with van der Waals surface area (Å²) >= 11 is 0. The Morgan fingerprint density at radius 3 is 0.984 bits per heavy atom. The smallest absolute Gasteiger partial charge is 0.0618 e. The van der Waals surface area contributed by atoms with Gasteiger partial charge >= 0.3 is 0 Å². The minimum atomic E-state index is 1.07. The fraction of sp³-hybridized carbons (Fsp3) is 0. The lowest BCUT2D eigenvalue weighted by Crippen LogP contribution is -2.13. The molecule has 61 heavy (non-hydrogen) atoms. The molecular weight excluding hydrogens is 735 g/mol. The van der Waals surface area contributed by atoms with E-state index in [0.29, 0.717) is 0 Å². The molecule has 0 unspecified atom stereocenters. The maximum absolute atomic E-state index is 2.46. The lowest BCUT2D eigenvalue weighted by atomic mass is 9.89. The van der Waals surface area contributed by atoms with Crippen molar-refractivity contribution >= 4 is 17.1 Å². The second-order valence-electron chi connectivity index (χ2n) is 15.3. The van der Waals surface area contributed by atoms with Crippen molar-refractivity contribution < 1.29 is 0 Å². The lowest BCUT2D eigenvalue weighted by molar-refractivity contribution is 1.28. The van der Waals surface area contributed by atoms with E-state index in [2.05, 4.69) is 266 Å². The van der Waals surface area contributed by atoms with Crippen LogP contribution in [0.5, 0.6) is 0 Å². The molecule has 1 heteroatoms. The van der Waals surface area contributed by atoms with E-state index in [0.717, 1.165) is 50.4 Å². The summed E-state index contributed by atoms with van der Waals surface area (Å²) in [7, 11) is 0. The van der Waals surface area contributed by atoms with Gasteiger partial charge in [-0.25, -0.2) is 0 Å².